The summed E-state index contributed by atoms with van der Waals surface area (Å²) in [5.74, 6) is 0.391. The van der Waals surface area contributed by atoms with Crippen molar-refractivity contribution in [3.05, 3.63) is 90.7 Å². The van der Waals surface area contributed by atoms with Gasteiger partial charge in [-0.05, 0) is 107 Å². The minimum absolute atomic E-state index is 0.187. The van der Waals surface area contributed by atoms with Crippen LogP contribution in [0.1, 0.15) is 51.7 Å². The largest absolute Gasteiger partial charge is 0.344 e. The van der Waals surface area contributed by atoms with Gasteiger partial charge in [0.25, 0.3) is 10.1 Å². The van der Waals surface area contributed by atoms with Crippen LogP contribution in [0.5, 0.6) is 0 Å². The van der Waals surface area contributed by atoms with E-state index < -0.39 is 10.1 Å². The van der Waals surface area contributed by atoms with E-state index in [1.807, 2.05) is 12.2 Å². The fourth-order valence-corrected chi connectivity index (χ4v) is 7.71. The molecular weight excluding hydrogens is 814 g/mol. The summed E-state index contributed by atoms with van der Waals surface area (Å²) in [6.45, 7) is 10.1. The standard InChI is InChI=1S/C31H36I2N2O6S2/c1-30(2)24-20-22(32)12-14-26(24)34(16-8-18-42-41-40-36)28(30)10-6-5-7-11-29-31(3,4)25-21-23(33)13-15-27(25)35(29)17-9-19-43(37,38)39/h5-7,10-15,20-21H,8-9,16-19H2,1-4H3,(H-,36,37,38,39)/p+1. The van der Waals surface area contributed by atoms with Gasteiger partial charge in [-0.2, -0.15) is 13.0 Å². The van der Waals surface area contributed by atoms with Crippen molar-refractivity contribution in [2.45, 2.75) is 51.4 Å². The van der Waals surface area contributed by atoms with E-state index in [1.54, 1.807) is 0 Å². The van der Waals surface area contributed by atoms with E-state index in [9.17, 15) is 13.0 Å². The first kappa shape index (κ1) is 34.6. The molecule has 2 aromatic rings. The van der Waals surface area contributed by atoms with Crippen LogP contribution in [0.2, 0.25) is 0 Å². The highest BCUT2D eigenvalue weighted by atomic mass is 127. The van der Waals surface area contributed by atoms with Crippen molar-refractivity contribution >= 4 is 84.4 Å². The quantitative estimate of drug-likeness (QED) is 0.0308. The van der Waals surface area contributed by atoms with Gasteiger partial charge in [0.15, 0.2) is 5.71 Å². The van der Waals surface area contributed by atoms with Gasteiger partial charge in [0.2, 0.25) is 5.69 Å². The van der Waals surface area contributed by atoms with E-state index in [-0.39, 0.29) is 16.6 Å². The van der Waals surface area contributed by atoms with Crippen molar-refractivity contribution < 1.29 is 32.2 Å². The van der Waals surface area contributed by atoms with Gasteiger partial charge in [0, 0.05) is 72.4 Å². The van der Waals surface area contributed by atoms with Gasteiger partial charge >= 0.3 is 0 Å². The molecule has 8 nitrogen and oxygen atoms in total. The molecule has 2 heterocycles. The van der Waals surface area contributed by atoms with Gasteiger partial charge in [0.05, 0.1) is 11.2 Å². The maximum atomic E-state index is 11.4. The van der Waals surface area contributed by atoms with E-state index in [4.69, 9.17) is 5.26 Å². The molecule has 0 aromatic heterocycles. The van der Waals surface area contributed by atoms with Gasteiger partial charge in [-0.15, -0.1) is 4.33 Å². The first-order chi connectivity index (χ1) is 20.3. The van der Waals surface area contributed by atoms with Crippen molar-refractivity contribution in [3.8, 4) is 0 Å². The van der Waals surface area contributed by atoms with Crippen LogP contribution in [0.3, 0.4) is 0 Å². The Labute approximate surface area is 286 Å². The van der Waals surface area contributed by atoms with Crippen LogP contribution in [-0.2, 0) is 30.3 Å². The monoisotopic (exact) mass is 851 g/mol. The molecule has 232 valence electrons. The summed E-state index contributed by atoms with van der Waals surface area (Å²) in [5, 5.41) is 12.1. The number of allylic oxidation sites excluding steroid dienone is 6. The molecule has 2 N–H and O–H groups in total. The summed E-state index contributed by atoms with van der Waals surface area (Å²) < 4.78 is 41.3. The summed E-state index contributed by atoms with van der Waals surface area (Å²) in [6, 6.07) is 12.9. The van der Waals surface area contributed by atoms with E-state index in [2.05, 4.69) is 146 Å². The molecule has 0 saturated carbocycles. The van der Waals surface area contributed by atoms with Gasteiger partial charge in [0.1, 0.15) is 6.54 Å². The zero-order valence-corrected chi connectivity index (χ0v) is 30.5. The van der Waals surface area contributed by atoms with Gasteiger partial charge < -0.3 is 4.90 Å². The molecule has 0 radical (unpaired) electrons. The van der Waals surface area contributed by atoms with Crippen LogP contribution >= 0.6 is 57.2 Å². The summed E-state index contributed by atoms with van der Waals surface area (Å²) in [4.78, 5) is 2.17. The highest BCUT2D eigenvalue weighted by molar-refractivity contribution is 14.1. The molecular formula is C31H37I2N2O6S2+. The average molecular weight is 852 g/mol. The average Bonchev–Trinajstić information content (AvgIpc) is 3.26. The Morgan fingerprint density at radius 3 is 2.37 bits per heavy atom. The maximum Gasteiger partial charge on any atom is 0.264 e. The first-order valence-electron chi connectivity index (χ1n) is 13.9. The number of hydrogen-bond acceptors (Lipinski definition) is 7. The fourth-order valence-electron chi connectivity index (χ4n) is 5.88. The third-order valence-corrected chi connectivity index (χ3v) is 10.7. The Balaban J connectivity index is 1.60. The van der Waals surface area contributed by atoms with Crippen molar-refractivity contribution in [1.29, 1.82) is 0 Å². The molecule has 4 rings (SSSR count). The number of rotatable bonds is 13. The van der Waals surface area contributed by atoms with Crippen molar-refractivity contribution in [1.82, 2.24) is 0 Å². The number of halogens is 2. The third kappa shape index (κ3) is 8.12. The Kier molecular flexibility index (Phi) is 11.6. The zero-order chi connectivity index (χ0) is 31.4. The SMILES string of the molecule is CC1(C)C(=CC=CC=CC2=[N+](CCCSOOO)c3ccc(I)cc3C2(C)C)N(CCCS(=O)(=O)O)c2ccc(I)cc21. The lowest BCUT2D eigenvalue weighted by Crippen LogP contribution is -2.28. The molecule has 2 aliphatic heterocycles. The van der Waals surface area contributed by atoms with Crippen LogP contribution in [-0.4, -0.2) is 53.1 Å². The van der Waals surface area contributed by atoms with Crippen LogP contribution in [0.25, 0.3) is 0 Å². The predicted octanol–water partition coefficient (Wildman–Crippen LogP) is 7.80. The Morgan fingerprint density at radius 2 is 1.67 bits per heavy atom. The Morgan fingerprint density at radius 1 is 0.977 bits per heavy atom. The van der Waals surface area contributed by atoms with Crippen molar-refractivity contribution in [2.75, 3.05) is 29.5 Å². The molecule has 2 aromatic carbocycles. The second-order valence-corrected chi connectivity index (χ2v) is 16.4. The molecule has 0 saturated heterocycles. The first-order valence-corrected chi connectivity index (χ1v) is 18.6. The number of hydrogen-bond donors (Lipinski definition) is 2. The predicted molar refractivity (Wildman–Crippen MR) is 191 cm³/mol. The lowest BCUT2D eigenvalue weighted by atomic mass is 9.81. The molecule has 0 fully saturated rings. The summed E-state index contributed by atoms with van der Waals surface area (Å²) in [6.07, 6.45) is 11.6. The minimum Gasteiger partial charge on any atom is -0.344 e. The molecule has 0 aliphatic carbocycles. The topological polar surface area (TPSA) is 99.3 Å². The zero-order valence-electron chi connectivity index (χ0n) is 24.6. The molecule has 0 amide bonds. The van der Waals surface area contributed by atoms with Gasteiger partial charge in [-0.3, -0.25) is 4.55 Å². The number of anilines is 1. The Hall–Kier alpha value is -1.27. The molecule has 43 heavy (non-hydrogen) atoms. The summed E-state index contributed by atoms with van der Waals surface area (Å²) in [5.41, 5.74) is 6.55. The van der Waals surface area contributed by atoms with E-state index in [0.29, 0.717) is 18.7 Å². The van der Waals surface area contributed by atoms with Crippen LogP contribution in [0.15, 0.2) is 72.5 Å². The lowest BCUT2D eigenvalue weighted by Gasteiger charge is -2.27. The van der Waals surface area contributed by atoms with Crippen LogP contribution in [0.4, 0.5) is 11.4 Å². The van der Waals surface area contributed by atoms with E-state index in [0.717, 1.165) is 40.0 Å². The molecule has 0 unspecified atom stereocenters. The summed E-state index contributed by atoms with van der Waals surface area (Å²) in [7, 11) is -4.03. The maximum absolute atomic E-state index is 11.4. The van der Waals surface area contributed by atoms with E-state index >= 15 is 0 Å². The minimum atomic E-state index is -4.03. The van der Waals surface area contributed by atoms with Crippen LogP contribution in [0, 0.1) is 7.14 Å². The van der Waals surface area contributed by atoms with E-state index in [1.165, 1.54) is 26.1 Å². The molecule has 12 heteroatoms. The summed E-state index contributed by atoms with van der Waals surface area (Å²) >= 11 is 5.74. The second-order valence-electron chi connectivity index (χ2n) is 11.5. The highest BCUT2D eigenvalue weighted by Crippen LogP contribution is 2.48. The highest BCUT2D eigenvalue weighted by Gasteiger charge is 2.44. The number of benzene rings is 2. The second kappa shape index (κ2) is 14.4. The fraction of sp³-hybridized carbons (Fsp3) is 0.387. The third-order valence-electron chi connectivity index (χ3n) is 7.91. The lowest BCUT2D eigenvalue weighted by molar-refractivity contribution is -0.438. The van der Waals surface area contributed by atoms with Gasteiger partial charge in [-0.1, -0.05) is 37.1 Å². The molecule has 0 spiro atoms. The van der Waals surface area contributed by atoms with Gasteiger partial charge in [-0.25, -0.2) is 5.26 Å². The van der Waals surface area contributed by atoms with Crippen LogP contribution < -0.4 is 4.90 Å². The number of nitrogens with zero attached hydrogens (tertiary/aromatic N) is 2. The smallest absolute Gasteiger partial charge is 0.264 e. The number of fused-ring (bicyclic) bond motifs is 2. The molecule has 2 aliphatic rings. The molecule has 0 bridgehead atoms. The van der Waals surface area contributed by atoms with Crippen molar-refractivity contribution in [3.63, 3.8) is 0 Å². The Bertz CT molecular complexity index is 1580. The molecule has 0 atom stereocenters. The van der Waals surface area contributed by atoms with Crippen molar-refractivity contribution in [2.24, 2.45) is 0 Å². The normalized spacial score (nSPS) is 18.4.